The standard InChI is InChI=1S/C17H15N3O3S2/c21-17(14-5-2-8-19-11-14)20-12-15(13-4-1-7-18-10-13)25(22,23)16-6-3-9-24-16/h1-11,15H,12H2,(H,20,21). The molecule has 0 bridgehead atoms. The number of aromatic nitrogens is 2. The van der Waals surface area contributed by atoms with Crippen LogP contribution in [0.3, 0.4) is 0 Å². The Balaban J connectivity index is 1.87. The van der Waals surface area contributed by atoms with Crippen LogP contribution in [0.2, 0.25) is 0 Å². The Labute approximate surface area is 149 Å². The largest absolute Gasteiger partial charge is 0.350 e. The van der Waals surface area contributed by atoms with Crippen molar-refractivity contribution in [1.29, 1.82) is 0 Å². The van der Waals surface area contributed by atoms with E-state index in [9.17, 15) is 13.2 Å². The molecule has 0 radical (unpaired) electrons. The van der Waals surface area contributed by atoms with E-state index in [1.807, 2.05) is 0 Å². The molecule has 0 saturated heterocycles. The van der Waals surface area contributed by atoms with Gasteiger partial charge >= 0.3 is 0 Å². The summed E-state index contributed by atoms with van der Waals surface area (Å²) in [6.07, 6.45) is 6.08. The van der Waals surface area contributed by atoms with Crippen LogP contribution in [0.1, 0.15) is 21.2 Å². The second-order valence-corrected chi connectivity index (χ2v) is 8.51. The lowest BCUT2D eigenvalue weighted by Crippen LogP contribution is -2.31. The number of nitrogens with zero attached hydrogens (tertiary/aromatic N) is 2. The maximum atomic E-state index is 13.0. The molecular weight excluding hydrogens is 358 g/mol. The number of nitrogens with one attached hydrogen (secondary N) is 1. The van der Waals surface area contributed by atoms with Gasteiger partial charge in [-0.1, -0.05) is 12.1 Å². The maximum absolute atomic E-state index is 13.0. The van der Waals surface area contributed by atoms with Crippen molar-refractivity contribution in [2.24, 2.45) is 0 Å². The number of thiophene rings is 1. The molecule has 3 aromatic heterocycles. The fraction of sp³-hybridized carbons (Fsp3) is 0.118. The number of amides is 1. The first kappa shape index (κ1) is 17.2. The summed E-state index contributed by atoms with van der Waals surface area (Å²) in [7, 11) is -3.64. The zero-order valence-corrected chi connectivity index (χ0v) is 14.7. The molecule has 1 N–H and O–H groups in total. The summed E-state index contributed by atoms with van der Waals surface area (Å²) in [4.78, 5) is 20.1. The Morgan fingerprint density at radius 2 is 1.84 bits per heavy atom. The second-order valence-electron chi connectivity index (χ2n) is 5.20. The summed E-state index contributed by atoms with van der Waals surface area (Å²) in [6, 6.07) is 9.89. The quantitative estimate of drug-likeness (QED) is 0.717. The van der Waals surface area contributed by atoms with Crippen LogP contribution in [0.4, 0.5) is 0 Å². The average molecular weight is 373 g/mol. The highest BCUT2D eigenvalue weighted by Crippen LogP contribution is 2.30. The minimum Gasteiger partial charge on any atom is -0.350 e. The van der Waals surface area contributed by atoms with E-state index in [2.05, 4.69) is 15.3 Å². The van der Waals surface area contributed by atoms with E-state index in [1.165, 1.54) is 12.4 Å². The summed E-state index contributed by atoms with van der Waals surface area (Å²) in [5.74, 6) is -0.372. The van der Waals surface area contributed by atoms with Crippen molar-refractivity contribution in [3.8, 4) is 0 Å². The van der Waals surface area contributed by atoms with Gasteiger partial charge in [-0.05, 0) is 35.2 Å². The molecule has 0 fully saturated rings. The lowest BCUT2D eigenvalue weighted by molar-refractivity contribution is 0.0953. The molecule has 25 heavy (non-hydrogen) atoms. The molecular formula is C17H15N3O3S2. The average Bonchev–Trinajstić information content (AvgIpc) is 3.19. The van der Waals surface area contributed by atoms with Crippen LogP contribution in [0, 0.1) is 0 Å². The lowest BCUT2D eigenvalue weighted by Gasteiger charge is -2.17. The zero-order valence-electron chi connectivity index (χ0n) is 13.1. The van der Waals surface area contributed by atoms with Crippen molar-refractivity contribution in [3.63, 3.8) is 0 Å². The highest BCUT2D eigenvalue weighted by Gasteiger charge is 2.30. The molecule has 3 aromatic rings. The SMILES string of the molecule is O=C(NCC(c1cccnc1)S(=O)(=O)c1cccs1)c1cccnc1. The molecule has 1 unspecified atom stereocenters. The minimum absolute atomic E-state index is 0.0559. The monoisotopic (exact) mass is 373 g/mol. The third-order valence-electron chi connectivity index (χ3n) is 3.58. The van der Waals surface area contributed by atoms with Gasteiger partial charge in [0.2, 0.25) is 0 Å². The molecule has 1 amide bonds. The number of rotatable bonds is 6. The summed E-state index contributed by atoms with van der Waals surface area (Å²) in [5, 5.41) is 3.48. The molecule has 0 aliphatic carbocycles. The molecule has 128 valence electrons. The van der Waals surface area contributed by atoms with Crippen molar-refractivity contribution < 1.29 is 13.2 Å². The molecule has 3 heterocycles. The van der Waals surface area contributed by atoms with E-state index in [0.717, 1.165) is 11.3 Å². The predicted octanol–water partition coefficient (Wildman–Crippen LogP) is 2.48. The molecule has 3 rings (SSSR count). The van der Waals surface area contributed by atoms with Gasteiger partial charge in [0, 0.05) is 31.3 Å². The third kappa shape index (κ3) is 3.92. The Morgan fingerprint density at radius 1 is 1.08 bits per heavy atom. The van der Waals surface area contributed by atoms with E-state index >= 15 is 0 Å². The van der Waals surface area contributed by atoms with Crippen LogP contribution < -0.4 is 5.32 Å². The first-order valence-corrected chi connectivity index (χ1v) is 9.87. The van der Waals surface area contributed by atoms with E-state index in [4.69, 9.17) is 0 Å². The van der Waals surface area contributed by atoms with E-state index < -0.39 is 15.1 Å². The van der Waals surface area contributed by atoms with Crippen LogP contribution in [0.15, 0.2) is 70.8 Å². The van der Waals surface area contributed by atoms with Crippen molar-refractivity contribution in [2.75, 3.05) is 6.54 Å². The van der Waals surface area contributed by atoms with E-state index in [1.54, 1.807) is 54.2 Å². The summed E-state index contributed by atoms with van der Waals surface area (Å²) < 4.78 is 26.2. The first-order chi connectivity index (χ1) is 12.1. The molecule has 0 aliphatic heterocycles. The number of carbonyl (C=O) groups excluding carboxylic acids is 1. The molecule has 0 spiro atoms. The first-order valence-electron chi connectivity index (χ1n) is 7.44. The van der Waals surface area contributed by atoms with Crippen molar-refractivity contribution in [1.82, 2.24) is 15.3 Å². The molecule has 1 atom stereocenters. The Kier molecular flexibility index (Phi) is 5.20. The zero-order chi connectivity index (χ0) is 17.7. The predicted molar refractivity (Wildman–Crippen MR) is 95.1 cm³/mol. The number of sulfone groups is 1. The number of hydrogen-bond donors (Lipinski definition) is 1. The van der Waals surface area contributed by atoms with Crippen LogP contribution in [-0.4, -0.2) is 30.8 Å². The van der Waals surface area contributed by atoms with Crippen molar-refractivity contribution in [3.05, 3.63) is 77.7 Å². The number of hydrogen-bond acceptors (Lipinski definition) is 6. The van der Waals surface area contributed by atoms with Crippen molar-refractivity contribution >= 4 is 27.1 Å². The van der Waals surface area contributed by atoms with Gasteiger partial charge in [-0.2, -0.15) is 0 Å². The smallest absolute Gasteiger partial charge is 0.252 e. The molecule has 8 heteroatoms. The minimum atomic E-state index is -3.64. The van der Waals surface area contributed by atoms with Crippen LogP contribution in [0.25, 0.3) is 0 Å². The molecule has 6 nitrogen and oxygen atoms in total. The lowest BCUT2D eigenvalue weighted by atomic mass is 10.2. The Morgan fingerprint density at radius 3 is 2.44 bits per heavy atom. The highest BCUT2D eigenvalue weighted by molar-refractivity contribution is 7.93. The molecule has 0 aliphatic rings. The highest BCUT2D eigenvalue weighted by atomic mass is 32.2. The van der Waals surface area contributed by atoms with E-state index in [0.29, 0.717) is 11.1 Å². The Hall–Kier alpha value is -2.58. The van der Waals surface area contributed by atoms with Gasteiger partial charge < -0.3 is 5.32 Å². The fourth-order valence-electron chi connectivity index (χ4n) is 2.32. The summed E-state index contributed by atoms with van der Waals surface area (Å²) in [6.45, 7) is -0.0559. The van der Waals surface area contributed by atoms with Gasteiger partial charge in [-0.3, -0.25) is 14.8 Å². The fourth-order valence-corrected chi connectivity index (χ4v) is 5.17. The van der Waals surface area contributed by atoms with Gasteiger partial charge in [0.1, 0.15) is 9.46 Å². The number of pyridine rings is 2. The summed E-state index contributed by atoms with van der Waals surface area (Å²) in [5.41, 5.74) is 0.906. The van der Waals surface area contributed by atoms with Gasteiger partial charge in [-0.15, -0.1) is 11.3 Å². The van der Waals surface area contributed by atoms with Gasteiger partial charge in [0.05, 0.1) is 5.56 Å². The number of carbonyl (C=O) groups is 1. The van der Waals surface area contributed by atoms with Gasteiger partial charge in [-0.25, -0.2) is 8.42 Å². The topological polar surface area (TPSA) is 89.0 Å². The Bertz CT molecular complexity index is 928. The van der Waals surface area contributed by atoms with Crippen LogP contribution in [0.5, 0.6) is 0 Å². The molecule has 0 saturated carbocycles. The van der Waals surface area contributed by atoms with E-state index in [-0.39, 0.29) is 16.7 Å². The van der Waals surface area contributed by atoms with Crippen LogP contribution >= 0.6 is 11.3 Å². The normalized spacial score (nSPS) is 12.5. The second kappa shape index (κ2) is 7.54. The summed E-state index contributed by atoms with van der Waals surface area (Å²) >= 11 is 1.15. The maximum Gasteiger partial charge on any atom is 0.252 e. The molecule has 0 aromatic carbocycles. The van der Waals surface area contributed by atoms with Crippen LogP contribution in [-0.2, 0) is 9.84 Å². The van der Waals surface area contributed by atoms with Gasteiger partial charge in [0.15, 0.2) is 9.84 Å². The third-order valence-corrected chi connectivity index (χ3v) is 7.11. The van der Waals surface area contributed by atoms with Gasteiger partial charge in [0.25, 0.3) is 5.91 Å². The van der Waals surface area contributed by atoms with Crippen molar-refractivity contribution in [2.45, 2.75) is 9.46 Å².